The molecule has 1 fully saturated rings. The van der Waals surface area contributed by atoms with E-state index in [2.05, 4.69) is 11.8 Å². The first-order chi connectivity index (χ1) is 9.82. The summed E-state index contributed by atoms with van der Waals surface area (Å²) in [5.41, 5.74) is 6.30. The molecule has 2 N–H and O–H groups in total. The minimum Gasteiger partial charge on any atom is -0.326 e. The maximum Gasteiger partial charge on any atom is 0.211 e. The molecule has 0 spiro atoms. The molecule has 0 aromatic carbocycles. The largest absolute Gasteiger partial charge is 0.326 e. The monoisotopic (exact) mass is 351 g/mol. The van der Waals surface area contributed by atoms with E-state index < -0.39 is 10.0 Å². The Morgan fingerprint density at radius 3 is 2.38 bits per heavy atom. The molecule has 1 aliphatic rings. The van der Waals surface area contributed by atoms with Gasteiger partial charge in [-0.3, -0.25) is 4.90 Å². The van der Waals surface area contributed by atoms with Crippen molar-refractivity contribution >= 4 is 33.0 Å². The molecular formula is C13H22ClN3O2S2. The van der Waals surface area contributed by atoms with Crippen LogP contribution < -0.4 is 5.73 Å². The lowest BCUT2D eigenvalue weighted by molar-refractivity contribution is 0.121. The molecule has 0 bridgehead atoms. The molecule has 5 nitrogen and oxygen atoms in total. The number of hydrogen-bond donors (Lipinski definition) is 1. The van der Waals surface area contributed by atoms with Crippen molar-refractivity contribution in [1.82, 2.24) is 9.21 Å². The second-order valence-electron chi connectivity index (χ2n) is 5.36. The molecule has 2 rings (SSSR count). The first kappa shape index (κ1) is 17.2. The molecule has 0 amide bonds. The van der Waals surface area contributed by atoms with Crippen LogP contribution in [-0.2, 0) is 10.0 Å². The summed E-state index contributed by atoms with van der Waals surface area (Å²) in [4.78, 5) is 3.43. The van der Waals surface area contributed by atoms with Gasteiger partial charge in [-0.1, -0.05) is 18.5 Å². The zero-order valence-electron chi connectivity index (χ0n) is 12.3. The number of nitrogens with zero attached hydrogens (tertiary/aromatic N) is 2. The van der Waals surface area contributed by atoms with E-state index in [1.807, 2.05) is 12.1 Å². The fourth-order valence-corrected chi connectivity index (χ4v) is 4.78. The van der Waals surface area contributed by atoms with Crippen molar-refractivity contribution in [2.75, 3.05) is 32.4 Å². The van der Waals surface area contributed by atoms with Gasteiger partial charge in [0.1, 0.15) is 0 Å². The van der Waals surface area contributed by atoms with Gasteiger partial charge < -0.3 is 5.73 Å². The zero-order chi connectivity index (χ0) is 15.6. The van der Waals surface area contributed by atoms with Crippen molar-refractivity contribution in [3.63, 3.8) is 0 Å². The number of piperazine rings is 1. The number of thiophene rings is 1. The standard InChI is InChI=1S/C13H22ClN3O2S2/c1-3-10(15)13(11-4-5-12(14)20-11)16-6-8-17(9-7-16)21(2,18)19/h4-5,10,13H,3,6-9,15H2,1-2H3. The molecule has 1 aromatic heterocycles. The molecule has 0 aliphatic carbocycles. The van der Waals surface area contributed by atoms with Gasteiger partial charge in [0.05, 0.1) is 16.6 Å². The van der Waals surface area contributed by atoms with Gasteiger partial charge in [0.2, 0.25) is 10.0 Å². The van der Waals surface area contributed by atoms with Crippen molar-refractivity contribution in [3.05, 3.63) is 21.3 Å². The first-order valence-electron chi connectivity index (χ1n) is 7.03. The van der Waals surface area contributed by atoms with Crippen LogP contribution in [-0.4, -0.2) is 56.1 Å². The Bertz CT molecular complexity index is 568. The minimum absolute atomic E-state index is 0.0181. The molecule has 21 heavy (non-hydrogen) atoms. The maximum atomic E-state index is 11.6. The van der Waals surface area contributed by atoms with Crippen LogP contribution in [0, 0.1) is 0 Å². The van der Waals surface area contributed by atoms with Crippen molar-refractivity contribution < 1.29 is 8.42 Å². The van der Waals surface area contributed by atoms with E-state index in [9.17, 15) is 8.42 Å². The Balaban J connectivity index is 2.13. The van der Waals surface area contributed by atoms with Gasteiger partial charge in [-0.15, -0.1) is 11.3 Å². The van der Waals surface area contributed by atoms with Gasteiger partial charge in [-0.2, -0.15) is 4.31 Å². The lowest BCUT2D eigenvalue weighted by Crippen LogP contribution is -2.52. The highest BCUT2D eigenvalue weighted by atomic mass is 35.5. The summed E-state index contributed by atoms with van der Waals surface area (Å²) in [5.74, 6) is 0. The summed E-state index contributed by atoms with van der Waals surface area (Å²) in [6.07, 6.45) is 2.13. The normalized spacial score (nSPS) is 21.3. The summed E-state index contributed by atoms with van der Waals surface area (Å²) in [5, 5.41) is 0. The summed E-state index contributed by atoms with van der Waals surface area (Å²) >= 11 is 7.60. The van der Waals surface area contributed by atoms with Crippen LogP contribution in [0.2, 0.25) is 4.34 Å². The Morgan fingerprint density at radius 2 is 1.95 bits per heavy atom. The first-order valence-corrected chi connectivity index (χ1v) is 10.1. The molecule has 2 atom stereocenters. The van der Waals surface area contributed by atoms with Gasteiger partial charge in [-0.25, -0.2) is 8.42 Å². The number of hydrogen-bond acceptors (Lipinski definition) is 5. The summed E-state index contributed by atoms with van der Waals surface area (Å²) in [6, 6.07) is 4.04. The predicted molar refractivity (Wildman–Crippen MR) is 88.3 cm³/mol. The fraction of sp³-hybridized carbons (Fsp3) is 0.692. The fourth-order valence-electron chi connectivity index (χ4n) is 2.69. The van der Waals surface area contributed by atoms with Crippen LogP contribution >= 0.6 is 22.9 Å². The topological polar surface area (TPSA) is 66.6 Å². The van der Waals surface area contributed by atoms with Crippen molar-refractivity contribution in [1.29, 1.82) is 0 Å². The van der Waals surface area contributed by atoms with E-state index in [0.29, 0.717) is 26.2 Å². The average molecular weight is 352 g/mol. The van der Waals surface area contributed by atoms with Crippen LogP contribution in [0.25, 0.3) is 0 Å². The lowest BCUT2D eigenvalue weighted by Gasteiger charge is -2.40. The zero-order valence-corrected chi connectivity index (χ0v) is 14.7. The van der Waals surface area contributed by atoms with E-state index in [-0.39, 0.29) is 12.1 Å². The molecule has 8 heteroatoms. The van der Waals surface area contributed by atoms with Gasteiger partial charge in [-0.05, 0) is 18.6 Å². The van der Waals surface area contributed by atoms with Crippen LogP contribution in [0.5, 0.6) is 0 Å². The highest BCUT2D eigenvalue weighted by Gasteiger charge is 2.31. The smallest absolute Gasteiger partial charge is 0.211 e. The second-order valence-corrected chi connectivity index (χ2v) is 9.09. The molecule has 2 heterocycles. The molecule has 2 unspecified atom stereocenters. The lowest BCUT2D eigenvalue weighted by atomic mass is 10.0. The van der Waals surface area contributed by atoms with Crippen LogP contribution in [0.15, 0.2) is 12.1 Å². The minimum atomic E-state index is -3.10. The van der Waals surface area contributed by atoms with E-state index in [1.54, 1.807) is 11.3 Å². The second kappa shape index (κ2) is 6.93. The van der Waals surface area contributed by atoms with E-state index in [0.717, 1.165) is 15.6 Å². The molecule has 120 valence electrons. The van der Waals surface area contributed by atoms with E-state index in [1.165, 1.54) is 10.6 Å². The van der Waals surface area contributed by atoms with Gasteiger partial charge in [0.15, 0.2) is 0 Å². The Hall–Kier alpha value is -0.180. The van der Waals surface area contributed by atoms with Crippen molar-refractivity contribution in [3.8, 4) is 0 Å². The van der Waals surface area contributed by atoms with Crippen LogP contribution in [0.1, 0.15) is 24.3 Å². The molecular weight excluding hydrogens is 330 g/mol. The van der Waals surface area contributed by atoms with Gasteiger partial charge >= 0.3 is 0 Å². The average Bonchev–Trinajstić information content (AvgIpc) is 2.84. The van der Waals surface area contributed by atoms with Gasteiger partial charge in [0.25, 0.3) is 0 Å². The van der Waals surface area contributed by atoms with Crippen LogP contribution in [0.3, 0.4) is 0 Å². The van der Waals surface area contributed by atoms with E-state index >= 15 is 0 Å². The maximum absolute atomic E-state index is 11.6. The highest BCUT2D eigenvalue weighted by molar-refractivity contribution is 7.88. The number of nitrogens with two attached hydrogens (primary N) is 1. The summed E-state index contributed by atoms with van der Waals surface area (Å²) in [7, 11) is -3.10. The van der Waals surface area contributed by atoms with E-state index in [4.69, 9.17) is 17.3 Å². The van der Waals surface area contributed by atoms with Crippen LogP contribution in [0.4, 0.5) is 0 Å². The van der Waals surface area contributed by atoms with Crippen molar-refractivity contribution in [2.24, 2.45) is 5.73 Å². The third kappa shape index (κ3) is 4.18. The SMILES string of the molecule is CCC(N)C(c1ccc(Cl)s1)N1CCN(S(C)(=O)=O)CC1. The Labute approximate surface area is 135 Å². The Kier molecular flexibility index (Phi) is 5.67. The van der Waals surface area contributed by atoms with Crippen molar-refractivity contribution in [2.45, 2.75) is 25.4 Å². The predicted octanol–water partition coefficient (Wildman–Crippen LogP) is 1.76. The number of sulfonamides is 1. The molecule has 0 radical (unpaired) electrons. The number of rotatable bonds is 5. The summed E-state index contributed by atoms with van der Waals surface area (Å²) < 4.78 is 25.5. The third-order valence-electron chi connectivity index (χ3n) is 3.90. The highest BCUT2D eigenvalue weighted by Crippen LogP contribution is 2.33. The molecule has 0 saturated carbocycles. The Morgan fingerprint density at radius 1 is 1.33 bits per heavy atom. The third-order valence-corrected chi connectivity index (χ3v) is 6.50. The molecule has 1 saturated heterocycles. The molecule has 1 aliphatic heterocycles. The quantitative estimate of drug-likeness (QED) is 0.877. The van der Waals surface area contributed by atoms with Gasteiger partial charge in [0, 0.05) is 37.1 Å². The number of halogens is 1. The molecule has 1 aromatic rings. The summed E-state index contributed by atoms with van der Waals surface area (Å²) in [6.45, 7) is 4.50.